The van der Waals surface area contributed by atoms with Crippen LogP contribution in [0.2, 0.25) is 20.1 Å². The van der Waals surface area contributed by atoms with Crippen LogP contribution in [0.5, 0.6) is 0 Å². The molecule has 0 aliphatic heterocycles. The number of hydrogen-bond acceptors (Lipinski definition) is 6. The first kappa shape index (κ1) is 39.1. The molecule has 0 fully saturated rings. The molecule has 0 spiro atoms. The highest BCUT2D eigenvalue weighted by molar-refractivity contribution is 7.85. The van der Waals surface area contributed by atoms with Crippen molar-refractivity contribution < 1.29 is 23.2 Å². The molecule has 2 aliphatic carbocycles. The van der Waals surface area contributed by atoms with Crippen LogP contribution >= 0.6 is 46.4 Å². The average molecular weight is 853 g/mol. The van der Waals surface area contributed by atoms with Gasteiger partial charge in [0.1, 0.15) is 0 Å². The fourth-order valence-corrected chi connectivity index (χ4v) is 9.58. The fourth-order valence-electron chi connectivity index (χ4n) is 8.08. The molecule has 2 unspecified atom stereocenters. The summed E-state index contributed by atoms with van der Waals surface area (Å²) in [7, 11) is -4.39. The maximum atomic E-state index is 11.9. The third-order valence-electron chi connectivity index (χ3n) is 10.8. The largest absolute Gasteiger partial charge is 0.387 e. The molecule has 0 radical (unpaired) electrons. The van der Waals surface area contributed by atoms with Crippen molar-refractivity contribution in [1.29, 1.82) is 0 Å². The first-order valence-corrected chi connectivity index (χ1v) is 21.5. The first-order chi connectivity index (χ1) is 26.9. The van der Waals surface area contributed by atoms with E-state index in [1.807, 2.05) is 22.9 Å². The summed E-state index contributed by atoms with van der Waals surface area (Å²) in [4.78, 5) is -0.188. The number of rotatable bonds is 14. The fraction of sp³-hybridized carbons (Fsp3) is 0.286. The van der Waals surface area contributed by atoms with Gasteiger partial charge in [-0.3, -0.25) is 4.55 Å². The smallest absolute Gasteiger partial charge is 0.294 e. The number of benzene rings is 4. The summed E-state index contributed by atoms with van der Waals surface area (Å²) in [5, 5.41) is 34.5. The van der Waals surface area contributed by atoms with E-state index in [0.717, 1.165) is 77.9 Å². The highest BCUT2D eigenvalue weighted by Gasteiger charge is 2.33. The van der Waals surface area contributed by atoms with Crippen molar-refractivity contribution in [3.05, 3.63) is 133 Å². The van der Waals surface area contributed by atoms with Gasteiger partial charge in [-0.15, -0.1) is 0 Å². The lowest BCUT2D eigenvalue weighted by Crippen LogP contribution is -2.05. The van der Waals surface area contributed by atoms with Crippen molar-refractivity contribution in [2.75, 3.05) is 0 Å². The van der Waals surface area contributed by atoms with E-state index in [0.29, 0.717) is 68.4 Å². The Kier molecular flexibility index (Phi) is 11.1. The first-order valence-electron chi connectivity index (χ1n) is 18.6. The second-order valence-electron chi connectivity index (χ2n) is 14.5. The Morgan fingerprint density at radius 1 is 0.607 bits per heavy atom. The summed E-state index contributed by atoms with van der Waals surface area (Å²) in [5.41, 5.74) is 9.74. The number of aromatic nitrogens is 4. The van der Waals surface area contributed by atoms with Gasteiger partial charge in [0.2, 0.25) is 0 Å². The molecule has 4 aromatic carbocycles. The second-order valence-corrected chi connectivity index (χ2v) is 17.6. The Balaban J connectivity index is 0.880. The summed E-state index contributed by atoms with van der Waals surface area (Å²) in [6, 6.07) is 23.1. The van der Waals surface area contributed by atoms with Gasteiger partial charge in [-0.05, 0) is 72.5 Å². The minimum absolute atomic E-state index is 0.188. The molecule has 2 aromatic heterocycles. The molecule has 8 rings (SSSR count). The lowest BCUT2D eigenvalue weighted by atomic mass is 10.0. The van der Waals surface area contributed by atoms with Gasteiger partial charge in [0.05, 0.1) is 61.3 Å². The molecule has 2 atom stereocenters. The van der Waals surface area contributed by atoms with Crippen LogP contribution in [0.15, 0.2) is 83.8 Å². The predicted molar refractivity (Wildman–Crippen MR) is 220 cm³/mol. The summed E-state index contributed by atoms with van der Waals surface area (Å²) >= 11 is 25.6. The minimum atomic E-state index is -4.39. The van der Waals surface area contributed by atoms with Gasteiger partial charge in [0, 0.05) is 45.1 Å². The predicted octanol–water partition coefficient (Wildman–Crippen LogP) is 10.9. The maximum absolute atomic E-state index is 11.9. The average Bonchev–Trinajstić information content (AvgIpc) is 3.91. The highest BCUT2D eigenvalue weighted by atomic mass is 35.5. The second kappa shape index (κ2) is 15.9. The zero-order chi connectivity index (χ0) is 39.3. The molecule has 2 aliphatic rings. The lowest BCUT2D eigenvalue weighted by Gasteiger charge is -2.12. The Hall–Kier alpha value is -3.71. The SMILES string of the molecule is O=S(=O)(O)c1ccc2c(c1)Cc1c(C(O)CCCCCCCCC(O)c3nn(-c4ccc(Cl)cc4Cl)c4c3Cc3ccccc3-4)nn(-c3ccc(Cl)cc3Cl)c1-2. The molecule has 3 N–H and O–H groups in total. The van der Waals surface area contributed by atoms with Gasteiger partial charge >= 0.3 is 0 Å². The number of aliphatic hydroxyl groups excluding tert-OH is 2. The highest BCUT2D eigenvalue weighted by Crippen LogP contribution is 2.45. The molecule has 0 bridgehead atoms. The molecular weight excluding hydrogens is 814 g/mol. The van der Waals surface area contributed by atoms with E-state index >= 15 is 0 Å². The number of halogens is 4. The molecule has 0 saturated heterocycles. The zero-order valence-corrected chi connectivity index (χ0v) is 33.9. The number of nitrogens with zero attached hydrogens (tertiary/aromatic N) is 4. The van der Waals surface area contributed by atoms with Crippen LogP contribution in [0.25, 0.3) is 33.9 Å². The van der Waals surface area contributed by atoms with Crippen LogP contribution in [0.3, 0.4) is 0 Å². The van der Waals surface area contributed by atoms with Crippen LogP contribution in [-0.4, -0.2) is 42.7 Å². The molecule has 9 nitrogen and oxygen atoms in total. The Bertz CT molecular complexity index is 2590. The third kappa shape index (κ3) is 7.54. The van der Waals surface area contributed by atoms with Crippen LogP contribution in [0.1, 0.15) is 97.2 Å². The number of unbranched alkanes of at least 4 members (excludes halogenated alkanes) is 5. The van der Waals surface area contributed by atoms with Gasteiger partial charge in [-0.1, -0.05) is 115 Å². The van der Waals surface area contributed by atoms with E-state index in [9.17, 15) is 23.2 Å². The number of aliphatic hydroxyl groups is 2. The molecule has 2 heterocycles. The molecule has 290 valence electrons. The standard InChI is InChI=1S/C42H38Cl4N4O5S/c43-26-13-17-35(33(45)22-26)49-41-29-10-8-7-9-24(29)20-31(41)39(47-49)37(51)11-5-3-1-2-4-6-12-38(52)40-32-21-25-19-28(56(53,54)55)15-16-30(25)42(32)50(48-40)36-18-14-27(44)23-34(36)46/h7-10,13-19,22-23,37-38,51-52H,1-6,11-12,20-21H2,(H,53,54,55). The lowest BCUT2D eigenvalue weighted by molar-refractivity contribution is 0.155. The molecule has 6 aromatic rings. The summed E-state index contributed by atoms with van der Waals surface area (Å²) in [6.45, 7) is 0. The topological polar surface area (TPSA) is 130 Å². The van der Waals surface area contributed by atoms with Gasteiger partial charge in [-0.2, -0.15) is 18.6 Å². The van der Waals surface area contributed by atoms with Crippen molar-refractivity contribution >= 4 is 56.5 Å². The van der Waals surface area contributed by atoms with Crippen molar-refractivity contribution in [3.63, 3.8) is 0 Å². The Morgan fingerprint density at radius 3 is 1.61 bits per heavy atom. The van der Waals surface area contributed by atoms with E-state index < -0.39 is 22.3 Å². The van der Waals surface area contributed by atoms with Gasteiger partial charge in [0.25, 0.3) is 10.1 Å². The van der Waals surface area contributed by atoms with Crippen LogP contribution < -0.4 is 0 Å². The molecule has 56 heavy (non-hydrogen) atoms. The van der Waals surface area contributed by atoms with Crippen molar-refractivity contribution in [1.82, 2.24) is 19.6 Å². The van der Waals surface area contributed by atoms with Crippen LogP contribution in [0, 0.1) is 0 Å². The monoisotopic (exact) mass is 850 g/mol. The summed E-state index contributed by atoms with van der Waals surface area (Å²) < 4.78 is 37.0. The zero-order valence-electron chi connectivity index (χ0n) is 30.1. The van der Waals surface area contributed by atoms with E-state index in [-0.39, 0.29) is 4.90 Å². The summed E-state index contributed by atoms with van der Waals surface area (Å²) in [5.74, 6) is 0. The van der Waals surface area contributed by atoms with Crippen molar-refractivity contribution in [3.8, 4) is 33.9 Å². The van der Waals surface area contributed by atoms with E-state index in [2.05, 4.69) is 12.1 Å². The molecular formula is C42H38Cl4N4O5S. The van der Waals surface area contributed by atoms with E-state index in [1.165, 1.54) is 17.7 Å². The molecule has 14 heteroatoms. The van der Waals surface area contributed by atoms with Gasteiger partial charge in [-0.25, -0.2) is 9.36 Å². The minimum Gasteiger partial charge on any atom is -0.387 e. The Morgan fingerprint density at radius 2 is 1.09 bits per heavy atom. The summed E-state index contributed by atoms with van der Waals surface area (Å²) in [6.07, 6.45) is 6.05. The number of fused-ring (bicyclic) bond motifs is 6. The van der Waals surface area contributed by atoms with Crippen LogP contribution in [0.4, 0.5) is 0 Å². The van der Waals surface area contributed by atoms with E-state index in [4.69, 9.17) is 56.6 Å². The van der Waals surface area contributed by atoms with Crippen LogP contribution in [-0.2, 0) is 23.0 Å². The Labute approximate surface area is 345 Å². The normalized spacial score (nSPS) is 14.1. The van der Waals surface area contributed by atoms with E-state index in [1.54, 1.807) is 41.1 Å². The van der Waals surface area contributed by atoms with Gasteiger partial charge < -0.3 is 10.2 Å². The third-order valence-corrected chi connectivity index (χ3v) is 12.7. The quantitative estimate of drug-likeness (QED) is 0.0733. The molecule has 0 saturated carbocycles. The van der Waals surface area contributed by atoms with Gasteiger partial charge in [0.15, 0.2) is 0 Å². The number of hydrogen-bond donors (Lipinski definition) is 3. The van der Waals surface area contributed by atoms with Crippen molar-refractivity contribution in [2.24, 2.45) is 0 Å². The maximum Gasteiger partial charge on any atom is 0.294 e. The molecule has 0 amide bonds. The van der Waals surface area contributed by atoms with Crippen molar-refractivity contribution in [2.45, 2.75) is 81.3 Å².